The Bertz CT molecular complexity index is 527. The van der Waals surface area contributed by atoms with Crippen LogP contribution in [0.3, 0.4) is 0 Å². The molecule has 1 aliphatic heterocycles. The largest absolute Gasteiger partial charge is 0.371 e. The fourth-order valence-electron chi connectivity index (χ4n) is 2.74. The van der Waals surface area contributed by atoms with Gasteiger partial charge in [0, 0.05) is 19.2 Å². The summed E-state index contributed by atoms with van der Waals surface area (Å²) in [6.45, 7) is 2.57. The molecule has 2 N–H and O–H groups in total. The Morgan fingerprint density at radius 1 is 1.36 bits per heavy atom. The third-order valence-corrected chi connectivity index (χ3v) is 3.99. The number of likely N-dealkylation sites (tertiary alicyclic amines) is 1. The maximum Gasteiger partial charge on any atom is 0.292 e. The highest BCUT2D eigenvalue weighted by atomic mass is 16.6. The third kappa shape index (κ3) is 4.17. The quantitative estimate of drug-likeness (QED) is 0.614. The van der Waals surface area contributed by atoms with Crippen LogP contribution >= 0.6 is 0 Å². The zero-order valence-corrected chi connectivity index (χ0v) is 12.7. The van der Waals surface area contributed by atoms with Crippen molar-refractivity contribution in [3.63, 3.8) is 0 Å². The van der Waals surface area contributed by atoms with E-state index in [1.807, 2.05) is 11.9 Å². The average molecular weight is 306 g/mol. The van der Waals surface area contributed by atoms with Gasteiger partial charge in [0.2, 0.25) is 5.91 Å². The minimum Gasteiger partial charge on any atom is -0.371 e. The minimum absolute atomic E-state index is 0.0111. The number of nitro groups is 1. The number of hydrogen-bond donors (Lipinski definition) is 2. The second kappa shape index (κ2) is 7.74. The summed E-state index contributed by atoms with van der Waals surface area (Å²) in [6.07, 6.45) is 2.00. The van der Waals surface area contributed by atoms with E-state index in [1.54, 1.807) is 18.2 Å². The topological polar surface area (TPSA) is 87.5 Å². The molecule has 1 aromatic rings. The van der Waals surface area contributed by atoms with Gasteiger partial charge >= 0.3 is 0 Å². The molecule has 1 fully saturated rings. The van der Waals surface area contributed by atoms with Crippen molar-refractivity contribution in [2.24, 2.45) is 5.92 Å². The van der Waals surface area contributed by atoms with Crippen LogP contribution in [0, 0.1) is 16.0 Å². The number of benzene rings is 1. The van der Waals surface area contributed by atoms with Crippen LogP contribution in [-0.4, -0.2) is 49.0 Å². The van der Waals surface area contributed by atoms with Crippen molar-refractivity contribution < 1.29 is 9.72 Å². The molecule has 0 atom stereocenters. The van der Waals surface area contributed by atoms with Crippen LogP contribution in [0.4, 0.5) is 11.4 Å². The van der Waals surface area contributed by atoms with Gasteiger partial charge in [-0.15, -0.1) is 0 Å². The maximum absolute atomic E-state index is 12.2. The Morgan fingerprint density at radius 2 is 2.05 bits per heavy atom. The van der Waals surface area contributed by atoms with E-state index in [-0.39, 0.29) is 18.1 Å². The van der Waals surface area contributed by atoms with Crippen molar-refractivity contribution in [1.29, 1.82) is 0 Å². The second-order valence-corrected chi connectivity index (χ2v) is 5.51. The third-order valence-electron chi connectivity index (χ3n) is 3.99. The standard InChI is InChI=1S/C15H22N4O3/c1-16-10-12-6-8-18(9-7-12)15(20)11-17-13-4-2-3-5-14(13)19(21)22/h2-5,12,16-17H,6-11H2,1H3. The summed E-state index contributed by atoms with van der Waals surface area (Å²) in [5.74, 6) is 0.610. The number of nitrogens with zero attached hydrogens (tertiary/aromatic N) is 2. The van der Waals surface area contributed by atoms with Crippen LogP contribution in [0.5, 0.6) is 0 Å². The Morgan fingerprint density at radius 3 is 2.68 bits per heavy atom. The average Bonchev–Trinajstić information content (AvgIpc) is 2.54. The molecule has 7 nitrogen and oxygen atoms in total. The summed E-state index contributed by atoms with van der Waals surface area (Å²) in [5, 5.41) is 17.0. The molecule has 0 unspecified atom stereocenters. The maximum atomic E-state index is 12.2. The molecule has 22 heavy (non-hydrogen) atoms. The number of rotatable bonds is 6. The zero-order valence-electron chi connectivity index (χ0n) is 12.7. The van der Waals surface area contributed by atoms with E-state index < -0.39 is 4.92 Å². The van der Waals surface area contributed by atoms with Crippen LogP contribution < -0.4 is 10.6 Å². The molecule has 0 spiro atoms. The number of amides is 1. The Hall–Kier alpha value is -2.15. The van der Waals surface area contributed by atoms with Gasteiger partial charge in [-0.1, -0.05) is 12.1 Å². The minimum atomic E-state index is -0.448. The number of carbonyl (C=O) groups excluding carboxylic acids is 1. The predicted octanol–water partition coefficient (Wildman–Crippen LogP) is 1.46. The van der Waals surface area contributed by atoms with Crippen LogP contribution in [0.15, 0.2) is 24.3 Å². The number of nitro benzene ring substituents is 1. The van der Waals surface area contributed by atoms with Crippen LogP contribution in [0.25, 0.3) is 0 Å². The molecule has 0 radical (unpaired) electrons. The molecule has 1 aliphatic rings. The van der Waals surface area contributed by atoms with Crippen LogP contribution in [0.1, 0.15) is 12.8 Å². The van der Waals surface area contributed by atoms with E-state index in [1.165, 1.54) is 6.07 Å². The fourth-order valence-corrected chi connectivity index (χ4v) is 2.74. The van der Waals surface area contributed by atoms with Gasteiger partial charge in [-0.3, -0.25) is 14.9 Å². The Labute approximate surface area is 129 Å². The summed E-state index contributed by atoms with van der Waals surface area (Å²) >= 11 is 0. The van der Waals surface area contributed by atoms with Crippen LogP contribution in [0.2, 0.25) is 0 Å². The van der Waals surface area contributed by atoms with Crippen molar-refractivity contribution in [2.45, 2.75) is 12.8 Å². The van der Waals surface area contributed by atoms with Crippen molar-refractivity contribution in [3.05, 3.63) is 34.4 Å². The smallest absolute Gasteiger partial charge is 0.292 e. The molecule has 0 aliphatic carbocycles. The highest BCUT2D eigenvalue weighted by molar-refractivity contribution is 5.81. The number of para-hydroxylation sites is 2. The van der Waals surface area contributed by atoms with Crippen LogP contribution in [-0.2, 0) is 4.79 Å². The summed E-state index contributed by atoms with van der Waals surface area (Å²) in [5.41, 5.74) is 0.369. The highest BCUT2D eigenvalue weighted by Gasteiger charge is 2.22. The van der Waals surface area contributed by atoms with Crippen molar-refractivity contribution in [3.8, 4) is 0 Å². The van der Waals surface area contributed by atoms with Gasteiger partial charge in [-0.05, 0) is 38.4 Å². The zero-order chi connectivity index (χ0) is 15.9. The monoisotopic (exact) mass is 306 g/mol. The number of hydrogen-bond acceptors (Lipinski definition) is 5. The lowest BCUT2D eigenvalue weighted by atomic mass is 9.97. The molecular formula is C15H22N4O3. The fraction of sp³-hybridized carbons (Fsp3) is 0.533. The first-order valence-corrected chi connectivity index (χ1v) is 7.51. The van der Waals surface area contributed by atoms with Gasteiger partial charge in [-0.25, -0.2) is 0 Å². The van der Waals surface area contributed by atoms with Gasteiger partial charge in [0.15, 0.2) is 0 Å². The Balaban J connectivity index is 1.85. The summed E-state index contributed by atoms with van der Waals surface area (Å²) in [6, 6.07) is 6.36. The summed E-state index contributed by atoms with van der Waals surface area (Å²) < 4.78 is 0. The number of carbonyl (C=O) groups is 1. The van der Waals surface area contributed by atoms with E-state index >= 15 is 0 Å². The van der Waals surface area contributed by atoms with E-state index in [2.05, 4.69) is 10.6 Å². The van der Waals surface area contributed by atoms with E-state index in [0.717, 1.165) is 32.5 Å². The lowest BCUT2D eigenvalue weighted by molar-refractivity contribution is -0.383. The molecule has 1 heterocycles. The lowest BCUT2D eigenvalue weighted by Crippen LogP contribution is -2.42. The lowest BCUT2D eigenvalue weighted by Gasteiger charge is -2.32. The van der Waals surface area contributed by atoms with Crippen molar-refractivity contribution in [1.82, 2.24) is 10.2 Å². The van der Waals surface area contributed by atoms with E-state index in [9.17, 15) is 14.9 Å². The van der Waals surface area contributed by atoms with Crippen molar-refractivity contribution >= 4 is 17.3 Å². The highest BCUT2D eigenvalue weighted by Crippen LogP contribution is 2.23. The first-order chi connectivity index (χ1) is 10.6. The predicted molar refractivity (Wildman–Crippen MR) is 84.8 cm³/mol. The first kappa shape index (κ1) is 16.2. The second-order valence-electron chi connectivity index (χ2n) is 5.51. The van der Waals surface area contributed by atoms with Gasteiger partial charge in [0.05, 0.1) is 11.5 Å². The van der Waals surface area contributed by atoms with Gasteiger partial charge in [0.25, 0.3) is 5.69 Å². The Kier molecular flexibility index (Phi) is 5.71. The summed E-state index contributed by atoms with van der Waals surface area (Å²) in [4.78, 5) is 24.5. The molecule has 7 heteroatoms. The number of anilines is 1. The molecule has 120 valence electrons. The SMILES string of the molecule is CNCC1CCN(C(=O)CNc2ccccc2[N+](=O)[O-])CC1. The molecule has 1 aromatic carbocycles. The van der Waals surface area contributed by atoms with Gasteiger partial charge in [-0.2, -0.15) is 0 Å². The summed E-state index contributed by atoms with van der Waals surface area (Å²) in [7, 11) is 1.94. The molecule has 2 rings (SSSR count). The van der Waals surface area contributed by atoms with E-state index in [0.29, 0.717) is 11.6 Å². The van der Waals surface area contributed by atoms with Crippen molar-refractivity contribution in [2.75, 3.05) is 38.5 Å². The first-order valence-electron chi connectivity index (χ1n) is 7.51. The molecule has 0 saturated carbocycles. The molecular weight excluding hydrogens is 284 g/mol. The molecule has 1 saturated heterocycles. The van der Waals surface area contributed by atoms with E-state index in [4.69, 9.17) is 0 Å². The number of piperidine rings is 1. The molecule has 1 amide bonds. The normalized spacial score (nSPS) is 15.6. The van der Waals surface area contributed by atoms with Gasteiger partial charge < -0.3 is 15.5 Å². The molecule has 0 bridgehead atoms. The van der Waals surface area contributed by atoms with Gasteiger partial charge in [0.1, 0.15) is 5.69 Å². The molecule has 0 aromatic heterocycles. The number of nitrogens with one attached hydrogen (secondary N) is 2.